The fourth-order valence-corrected chi connectivity index (χ4v) is 3.29. The van der Waals surface area contributed by atoms with Gasteiger partial charge >= 0.3 is 12.0 Å². The number of ether oxygens (including phenoxy) is 3. The lowest BCUT2D eigenvalue weighted by Gasteiger charge is -2.13. The molecule has 1 aliphatic rings. The van der Waals surface area contributed by atoms with Gasteiger partial charge in [0.25, 0.3) is 5.91 Å². The number of methoxy groups -OCH3 is 2. The van der Waals surface area contributed by atoms with E-state index in [1.54, 1.807) is 42.5 Å². The summed E-state index contributed by atoms with van der Waals surface area (Å²) < 4.78 is 15.9. The third kappa shape index (κ3) is 5.89. The molecule has 0 bridgehead atoms. The molecule has 0 aromatic heterocycles. The molecule has 1 heterocycles. The van der Waals surface area contributed by atoms with Crippen molar-refractivity contribution in [2.24, 2.45) is 0 Å². The number of para-hydroxylation sites is 2. The van der Waals surface area contributed by atoms with Gasteiger partial charge in [-0.1, -0.05) is 28.1 Å². The molecule has 2 aromatic carbocycles. The van der Waals surface area contributed by atoms with Gasteiger partial charge in [0.1, 0.15) is 23.7 Å². The second-order valence-corrected chi connectivity index (χ2v) is 7.59. The molecule has 3 rings (SSSR count). The van der Waals surface area contributed by atoms with Crippen molar-refractivity contribution in [1.29, 1.82) is 0 Å². The van der Waals surface area contributed by atoms with Crippen LogP contribution in [0.5, 0.6) is 11.5 Å². The fraction of sp³-hybridized carbons (Fsp3) is 0.182. The molecule has 0 aliphatic carbocycles. The molecule has 172 valence electrons. The quantitative estimate of drug-likeness (QED) is 0.313. The van der Waals surface area contributed by atoms with Crippen molar-refractivity contribution in [2.75, 3.05) is 32.7 Å². The lowest BCUT2D eigenvalue weighted by molar-refractivity contribution is -0.142. The highest BCUT2D eigenvalue weighted by Crippen LogP contribution is 2.27. The van der Waals surface area contributed by atoms with Crippen molar-refractivity contribution in [3.05, 3.63) is 58.2 Å². The number of nitrogens with zero attached hydrogens (tertiary/aromatic N) is 1. The SMILES string of the molecule is COC(=O)COc1ccc(Br)cc1/C=C1/NC(=O)N(CC(=O)Nc2ccccc2OC)C1=O. The number of amides is 4. The zero-order valence-electron chi connectivity index (χ0n) is 17.7. The number of esters is 1. The minimum Gasteiger partial charge on any atom is -0.495 e. The molecule has 1 saturated heterocycles. The maximum absolute atomic E-state index is 12.8. The van der Waals surface area contributed by atoms with Gasteiger partial charge in [-0.2, -0.15) is 0 Å². The standard InChI is InChI=1S/C22H20BrN3O7/c1-31-18-6-4-3-5-15(18)24-19(27)11-26-21(29)16(25-22(26)30)10-13-9-14(23)7-8-17(13)33-12-20(28)32-2/h3-10H,11-12H2,1-2H3,(H,24,27)(H,25,30)/b16-10+. The van der Waals surface area contributed by atoms with E-state index in [1.807, 2.05) is 0 Å². The summed E-state index contributed by atoms with van der Waals surface area (Å²) in [4.78, 5) is 49.7. The Bertz CT molecular complexity index is 1130. The van der Waals surface area contributed by atoms with Crippen LogP contribution in [-0.2, 0) is 19.1 Å². The Morgan fingerprint density at radius 1 is 1.12 bits per heavy atom. The minimum atomic E-state index is -0.742. The van der Waals surface area contributed by atoms with E-state index in [-0.39, 0.29) is 12.3 Å². The Kier molecular flexibility index (Phi) is 7.67. The van der Waals surface area contributed by atoms with E-state index in [2.05, 4.69) is 31.3 Å². The van der Waals surface area contributed by atoms with E-state index >= 15 is 0 Å². The van der Waals surface area contributed by atoms with Crippen molar-refractivity contribution in [1.82, 2.24) is 10.2 Å². The Hall–Kier alpha value is -3.86. The summed E-state index contributed by atoms with van der Waals surface area (Å²) in [6.07, 6.45) is 1.40. The number of anilines is 1. The number of rotatable bonds is 8. The van der Waals surface area contributed by atoms with Crippen molar-refractivity contribution < 1.29 is 33.4 Å². The van der Waals surface area contributed by atoms with Crippen LogP contribution in [0.15, 0.2) is 52.6 Å². The molecule has 2 aromatic rings. The van der Waals surface area contributed by atoms with Gasteiger partial charge in [0.2, 0.25) is 5.91 Å². The number of hydrogen-bond donors (Lipinski definition) is 2. The molecular formula is C22H20BrN3O7. The molecule has 1 aliphatic heterocycles. The highest BCUT2D eigenvalue weighted by molar-refractivity contribution is 9.10. The van der Waals surface area contributed by atoms with Crippen molar-refractivity contribution in [3.8, 4) is 11.5 Å². The van der Waals surface area contributed by atoms with Crippen LogP contribution in [0.1, 0.15) is 5.56 Å². The number of imide groups is 1. The van der Waals surface area contributed by atoms with Crippen LogP contribution >= 0.6 is 15.9 Å². The molecular weight excluding hydrogens is 498 g/mol. The summed E-state index contributed by atoms with van der Waals surface area (Å²) in [5.74, 6) is -1.10. The molecule has 0 radical (unpaired) electrons. The number of hydrogen-bond acceptors (Lipinski definition) is 7. The van der Waals surface area contributed by atoms with Crippen LogP contribution < -0.4 is 20.1 Å². The minimum absolute atomic E-state index is 0.0499. The van der Waals surface area contributed by atoms with E-state index < -0.39 is 30.4 Å². The summed E-state index contributed by atoms with van der Waals surface area (Å²) in [6, 6.07) is 11.0. The predicted octanol–water partition coefficient (Wildman–Crippen LogP) is 2.54. The Labute approximate surface area is 197 Å². The van der Waals surface area contributed by atoms with Crippen LogP contribution in [0.25, 0.3) is 6.08 Å². The lowest BCUT2D eigenvalue weighted by Crippen LogP contribution is -2.38. The predicted molar refractivity (Wildman–Crippen MR) is 121 cm³/mol. The van der Waals surface area contributed by atoms with Crippen LogP contribution in [0.3, 0.4) is 0 Å². The van der Waals surface area contributed by atoms with E-state index in [4.69, 9.17) is 9.47 Å². The number of benzene rings is 2. The van der Waals surface area contributed by atoms with Gasteiger partial charge in [0.05, 0.1) is 19.9 Å². The first kappa shape index (κ1) is 23.8. The van der Waals surface area contributed by atoms with Gasteiger partial charge in [0, 0.05) is 10.0 Å². The third-order valence-corrected chi connectivity index (χ3v) is 4.98. The van der Waals surface area contributed by atoms with Gasteiger partial charge in [-0.05, 0) is 36.4 Å². The second-order valence-electron chi connectivity index (χ2n) is 6.67. The number of halogens is 1. The average Bonchev–Trinajstić information content (AvgIpc) is 3.05. The summed E-state index contributed by atoms with van der Waals surface area (Å²) in [5.41, 5.74) is 0.790. The molecule has 0 unspecified atom stereocenters. The number of carbonyl (C=O) groups excluding carboxylic acids is 4. The molecule has 0 spiro atoms. The van der Waals surface area contributed by atoms with E-state index in [9.17, 15) is 19.2 Å². The monoisotopic (exact) mass is 517 g/mol. The largest absolute Gasteiger partial charge is 0.495 e. The van der Waals surface area contributed by atoms with E-state index in [1.165, 1.54) is 20.3 Å². The molecule has 10 nitrogen and oxygen atoms in total. The fourth-order valence-electron chi connectivity index (χ4n) is 2.91. The Balaban J connectivity index is 1.75. The highest BCUT2D eigenvalue weighted by Gasteiger charge is 2.35. The molecule has 1 fully saturated rings. The topological polar surface area (TPSA) is 123 Å². The maximum Gasteiger partial charge on any atom is 0.343 e. The molecule has 2 N–H and O–H groups in total. The van der Waals surface area contributed by atoms with Crippen molar-refractivity contribution in [2.45, 2.75) is 0 Å². The summed E-state index contributed by atoms with van der Waals surface area (Å²) in [6.45, 7) is -0.825. The van der Waals surface area contributed by atoms with Crippen LogP contribution in [0.2, 0.25) is 0 Å². The highest BCUT2D eigenvalue weighted by atomic mass is 79.9. The summed E-state index contributed by atoms with van der Waals surface area (Å²) in [5, 5.41) is 5.06. The first-order valence-electron chi connectivity index (χ1n) is 9.59. The maximum atomic E-state index is 12.8. The molecule has 33 heavy (non-hydrogen) atoms. The van der Waals surface area contributed by atoms with Crippen molar-refractivity contribution in [3.63, 3.8) is 0 Å². The van der Waals surface area contributed by atoms with Gasteiger partial charge in [-0.3, -0.25) is 9.59 Å². The summed E-state index contributed by atoms with van der Waals surface area (Å²) in [7, 11) is 2.70. The lowest BCUT2D eigenvalue weighted by atomic mass is 10.1. The number of carbonyl (C=O) groups is 4. The first-order valence-corrected chi connectivity index (χ1v) is 10.4. The van der Waals surface area contributed by atoms with E-state index in [0.717, 1.165) is 4.90 Å². The van der Waals surface area contributed by atoms with Gasteiger partial charge < -0.3 is 24.8 Å². The molecule has 4 amide bonds. The molecule has 11 heteroatoms. The van der Waals surface area contributed by atoms with Gasteiger partial charge in [0.15, 0.2) is 6.61 Å². The van der Waals surface area contributed by atoms with Crippen LogP contribution in [-0.4, -0.2) is 56.1 Å². The first-order chi connectivity index (χ1) is 15.8. The average molecular weight is 518 g/mol. The Morgan fingerprint density at radius 3 is 2.61 bits per heavy atom. The number of nitrogens with one attached hydrogen (secondary N) is 2. The molecule has 0 saturated carbocycles. The summed E-state index contributed by atoms with van der Waals surface area (Å²) >= 11 is 3.33. The van der Waals surface area contributed by atoms with Crippen LogP contribution in [0, 0.1) is 0 Å². The number of urea groups is 1. The third-order valence-electron chi connectivity index (χ3n) is 4.49. The zero-order valence-corrected chi connectivity index (χ0v) is 19.3. The normalized spacial score (nSPS) is 14.2. The van der Waals surface area contributed by atoms with Crippen molar-refractivity contribution >= 4 is 51.5 Å². The zero-order chi connectivity index (χ0) is 24.0. The Morgan fingerprint density at radius 2 is 1.88 bits per heavy atom. The molecule has 0 atom stereocenters. The van der Waals surface area contributed by atoms with Crippen LogP contribution in [0.4, 0.5) is 10.5 Å². The van der Waals surface area contributed by atoms with Gasteiger partial charge in [-0.25, -0.2) is 14.5 Å². The second kappa shape index (κ2) is 10.6. The van der Waals surface area contributed by atoms with Gasteiger partial charge in [-0.15, -0.1) is 0 Å². The van der Waals surface area contributed by atoms with E-state index in [0.29, 0.717) is 27.2 Å². The smallest absolute Gasteiger partial charge is 0.343 e.